The van der Waals surface area contributed by atoms with Crippen LogP contribution in [-0.2, 0) is 9.63 Å². The minimum Gasteiger partial charge on any atom is -0.317 e. The molecule has 0 aliphatic carbocycles. The highest BCUT2D eigenvalue weighted by Crippen LogP contribution is 2.35. The van der Waals surface area contributed by atoms with Crippen molar-refractivity contribution < 1.29 is 9.63 Å². The normalized spacial score (nSPS) is 21.6. The van der Waals surface area contributed by atoms with Gasteiger partial charge >= 0.3 is 5.97 Å². The van der Waals surface area contributed by atoms with Crippen LogP contribution in [0.5, 0.6) is 0 Å². The van der Waals surface area contributed by atoms with Crippen LogP contribution >= 0.6 is 0 Å². The molecule has 0 aromatic heterocycles. The van der Waals surface area contributed by atoms with Crippen molar-refractivity contribution in [1.82, 2.24) is 0 Å². The van der Waals surface area contributed by atoms with Crippen LogP contribution in [0.4, 0.5) is 0 Å². The Labute approximate surface area is 117 Å². The topological polar surface area (TPSA) is 38.7 Å². The molecule has 1 atom stereocenters. The third-order valence-corrected chi connectivity index (χ3v) is 3.77. The van der Waals surface area contributed by atoms with E-state index < -0.39 is 5.41 Å². The van der Waals surface area contributed by atoms with Crippen LogP contribution in [0.2, 0.25) is 0 Å². The highest BCUT2D eigenvalue weighted by molar-refractivity contribution is 6.18. The maximum absolute atomic E-state index is 11.9. The van der Waals surface area contributed by atoms with E-state index in [2.05, 4.69) is 17.8 Å². The van der Waals surface area contributed by atoms with E-state index in [1.807, 2.05) is 43.3 Å². The van der Waals surface area contributed by atoms with E-state index in [1.54, 1.807) is 6.08 Å². The van der Waals surface area contributed by atoms with E-state index in [0.29, 0.717) is 12.1 Å². The largest absolute Gasteiger partial charge is 0.347 e. The molecule has 0 amide bonds. The van der Waals surface area contributed by atoms with Gasteiger partial charge in [0, 0.05) is 5.56 Å². The van der Waals surface area contributed by atoms with Crippen molar-refractivity contribution in [3.05, 3.63) is 60.7 Å². The van der Waals surface area contributed by atoms with Gasteiger partial charge < -0.3 is 4.84 Å². The van der Waals surface area contributed by atoms with Crippen molar-refractivity contribution in [3.63, 3.8) is 0 Å². The zero-order chi connectivity index (χ0) is 14.2. The van der Waals surface area contributed by atoms with Gasteiger partial charge in [-0.05, 0) is 30.2 Å². The Kier molecular flexibility index (Phi) is 2.90. The Morgan fingerprint density at radius 2 is 2.00 bits per heavy atom. The molecule has 3 heteroatoms. The Morgan fingerprint density at radius 3 is 2.75 bits per heavy atom. The molecule has 1 aliphatic heterocycles. The van der Waals surface area contributed by atoms with Crippen LogP contribution in [-0.4, -0.2) is 11.7 Å². The lowest BCUT2D eigenvalue weighted by atomic mass is 9.79. The second-order valence-electron chi connectivity index (χ2n) is 5.21. The lowest BCUT2D eigenvalue weighted by Gasteiger charge is -2.19. The number of nitrogens with zero attached hydrogens (tertiary/aromatic N) is 1. The minimum atomic E-state index is -0.746. The van der Waals surface area contributed by atoms with Gasteiger partial charge in [0.05, 0.1) is 0 Å². The predicted molar refractivity (Wildman–Crippen MR) is 79.5 cm³/mol. The standard InChI is InChI=1S/C17H15NO2/c1-3-10-17(2)15(18-20-16(17)19)14-9-8-12-6-4-5-7-13(12)11-14/h3-9,11H,1,10H2,2H3. The van der Waals surface area contributed by atoms with Crippen molar-refractivity contribution in [2.75, 3.05) is 0 Å². The molecule has 3 nitrogen and oxygen atoms in total. The average molecular weight is 265 g/mol. The molecule has 100 valence electrons. The number of rotatable bonds is 3. The first-order valence-corrected chi connectivity index (χ1v) is 6.55. The van der Waals surface area contributed by atoms with Crippen LogP contribution in [0.25, 0.3) is 10.8 Å². The third kappa shape index (κ3) is 1.83. The summed E-state index contributed by atoms with van der Waals surface area (Å²) < 4.78 is 0. The van der Waals surface area contributed by atoms with E-state index in [4.69, 9.17) is 4.84 Å². The fraction of sp³-hybridized carbons (Fsp3) is 0.176. The summed E-state index contributed by atoms with van der Waals surface area (Å²) in [5.74, 6) is -0.319. The molecule has 0 radical (unpaired) electrons. The van der Waals surface area contributed by atoms with Crippen molar-refractivity contribution in [3.8, 4) is 0 Å². The maximum atomic E-state index is 11.9. The number of oxime groups is 1. The molecule has 0 spiro atoms. The highest BCUT2D eigenvalue weighted by Gasteiger charge is 2.45. The molecule has 0 saturated heterocycles. The summed E-state index contributed by atoms with van der Waals surface area (Å²) in [7, 11) is 0. The molecule has 0 N–H and O–H groups in total. The fourth-order valence-corrected chi connectivity index (χ4v) is 2.56. The Balaban J connectivity index is 2.10. The van der Waals surface area contributed by atoms with E-state index in [0.717, 1.165) is 16.3 Å². The first-order chi connectivity index (χ1) is 9.65. The molecule has 20 heavy (non-hydrogen) atoms. The molecular weight excluding hydrogens is 250 g/mol. The Morgan fingerprint density at radius 1 is 1.25 bits per heavy atom. The zero-order valence-electron chi connectivity index (χ0n) is 11.3. The van der Waals surface area contributed by atoms with Crippen LogP contribution in [0.15, 0.2) is 60.3 Å². The quantitative estimate of drug-likeness (QED) is 0.627. The molecule has 1 unspecified atom stereocenters. The molecule has 0 fully saturated rings. The molecular formula is C17H15NO2. The fourth-order valence-electron chi connectivity index (χ4n) is 2.56. The van der Waals surface area contributed by atoms with Gasteiger partial charge in [-0.2, -0.15) is 0 Å². The molecule has 1 aliphatic rings. The summed E-state index contributed by atoms with van der Waals surface area (Å²) >= 11 is 0. The summed E-state index contributed by atoms with van der Waals surface area (Å²) in [4.78, 5) is 16.9. The molecule has 2 aromatic rings. The maximum Gasteiger partial charge on any atom is 0.347 e. The molecule has 2 aromatic carbocycles. The number of hydrogen-bond donors (Lipinski definition) is 0. The molecule has 1 heterocycles. The van der Waals surface area contributed by atoms with Crippen LogP contribution in [0, 0.1) is 5.41 Å². The van der Waals surface area contributed by atoms with Gasteiger partial charge in [0.15, 0.2) is 0 Å². The van der Waals surface area contributed by atoms with Gasteiger partial charge in [0.25, 0.3) is 0 Å². The van der Waals surface area contributed by atoms with Crippen molar-refractivity contribution >= 4 is 22.5 Å². The Hall–Kier alpha value is -2.42. The summed E-state index contributed by atoms with van der Waals surface area (Å²) in [6, 6.07) is 14.1. The van der Waals surface area contributed by atoms with Crippen molar-refractivity contribution in [1.29, 1.82) is 0 Å². The van der Waals surface area contributed by atoms with E-state index in [1.165, 1.54) is 0 Å². The van der Waals surface area contributed by atoms with Crippen molar-refractivity contribution in [2.45, 2.75) is 13.3 Å². The smallest absolute Gasteiger partial charge is 0.317 e. The lowest BCUT2D eigenvalue weighted by molar-refractivity contribution is -0.147. The number of benzene rings is 2. The summed E-state index contributed by atoms with van der Waals surface area (Å²) in [6.07, 6.45) is 2.24. The second kappa shape index (κ2) is 4.60. The number of fused-ring (bicyclic) bond motifs is 1. The van der Waals surface area contributed by atoms with E-state index in [9.17, 15) is 4.79 Å². The predicted octanol–water partition coefficient (Wildman–Crippen LogP) is 3.68. The van der Waals surface area contributed by atoms with Crippen LogP contribution in [0.1, 0.15) is 18.9 Å². The Bertz CT molecular complexity index is 733. The van der Waals surface area contributed by atoms with Gasteiger partial charge in [-0.15, -0.1) is 6.58 Å². The first kappa shape index (κ1) is 12.6. The number of allylic oxidation sites excluding steroid dienone is 1. The van der Waals surface area contributed by atoms with Gasteiger partial charge in [0.1, 0.15) is 11.1 Å². The minimum absolute atomic E-state index is 0.319. The van der Waals surface area contributed by atoms with E-state index >= 15 is 0 Å². The number of hydrogen-bond acceptors (Lipinski definition) is 3. The monoisotopic (exact) mass is 265 g/mol. The number of carbonyl (C=O) groups excluding carboxylic acids is 1. The first-order valence-electron chi connectivity index (χ1n) is 6.55. The second-order valence-corrected chi connectivity index (χ2v) is 5.21. The van der Waals surface area contributed by atoms with Gasteiger partial charge in [-0.3, -0.25) is 0 Å². The highest BCUT2D eigenvalue weighted by atomic mass is 16.7. The third-order valence-electron chi connectivity index (χ3n) is 3.77. The molecule has 3 rings (SSSR count). The van der Waals surface area contributed by atoms with Crippen molar-refractivity contribution in [2.24, 2.45) is 10.6 Å². The summed E-state index contributed by atoms with van der Waals surface area (Å²) in [6.45, 7) is 5.56. The van der Waals surface area contributed by atoms with Gasteiger partial charge in [-0.1, -0.05) is 47.6 Å². The SMILES string of the molecule is C=CCC1(C)C(=O)ON=C1c1ccc2ccccc2c1. The molecule has 0 bridgehead atoms. The van der Waals surface area contributed by atoms with Crippen LogP contribution in [0.3, 0.4) is 0 Å². The van der Waals surface area contributed by atoms with Gasteiger partial charge in [-0.25, -0.2) is 4.79 Å². The van der Waals surface area contributed by atoms with Gasteiger partial charge in [0.2, 0.25) is 0 Å². The lowest BCUT2D eigenvalue weighted by Crippen LogP contribution is -2.32. The van der Waals surface area contributed by atoms with E-state index in [-0.39, 0.29) is 5.97 Å². The zero-order valence-corrected chi connectivity index (χ0v) is 11.3. The summed E-state index contributed by atoms with van der Waals surface area (Å²) in [5.41, 5.74) is 0.844. The van der Waals surface area contributed by atoms with Crippen LogP contribution < -0.4 is 0 Å². The molecule has 0 saturated carbocycles. The average Bonchev–Trinajstić information content (AvgIpc) is 2.75. The summed E-state index contributed by atoms with van der Waals surface area (Å²) in [5, 5.41) is 6.26. The number of carbonyl (C=O) groups is 1.